The molecule has 0 aliphatic carbocycles. The van der Waals surface area contributed by atoms with Crippen molar-refractivity contribution in [1.29, 1.82) is 0 Å². The molecule has 2 heteroatoms. The molecule has 72 valence electrons. The Morgan fingerprint density at radius 3 is 2.23 bits per heavy atom. The Balaban J connectivity index is 3.06. The lowest BCUT2D eigenvalue weighted by molar-refractivity contribution is 0.811. The normalized spacial score (nSPS) is 13.4. The third kappa shape index (κ3) is 2.45. The lowest BCUT2D eigenvalue weighted by Crippen LogP contribution is -2.05. The minimum atomic E-state index is 0.0544. The molecule has 1 unspecified atom stereocenters. The molecule has 0 aromatic heterocycles. The number of benzene rings is 1. The standard InChI is InChI=1S/C11H16ClN/c1-7(2)10-5-4-9(8(3)13)6-11(10)12/h4-8H,13H2,1-3H3. The molecule has 0 spiro atoms. The molecule has 1 nitrogen and oxygen atoms in total. The summed E-state index contributed by atoms with van der Waals surface area (Å²) >= 11 is 6.11. The Kier molecular flexibility index (Phi) is 3.34. The number of halogens is 1. The lowest BCUT2D eigenvalue weighted by atomic mass is 10.00. The van der Waals surface area contributed by atoms with E-state index < -0.39 is 0 Å². The van der Waals surface area contributed by atoms with E-state index in [-0.39, 0.29) is 6.04 Å². The van der Waals surface area contributed by atoms with E-state index in [1.165, 1.54) is 5.56 Å². The van der Waals surface area contributed by atoms with Gasteiger partial charge in [-0.1, -0.05) is 37.6 Å². The van der Waals surface area contributed by atoms with Gasteiger partial charge in [0.2, 0.25) is 0 Å². The minimum absolute atomic E-state index is 0.0544. The first-order valence-electron chi connectivity index (χ1n) is 4.57. The van der Waals surface area contributed by atoms with Gasteiger partial charge in [-0.3, -0.25) is 0 Å². The van der Waals surface area contributed by atoms with E-state index in [1.54, 1.807) is 0 Å². The van der Waals surface area contributed by atoms with Crippen molar-refractivity contribution in [2.24, 2.45) is 5.73 Å². The highest BCUT2D eigenvalue weighted by molar-refractivity contribution is 6.31. The molecule has 0 aliphatic rings. The maximum absolute atomic E-state index is 6.11. The number of hydrogen-bond acceptors (Lipinski definition) is 1. The zero-order valence-corrected chi connectivity index (χ0v) is 9.10. The first-order chi connectivity index (χ1) is 6.02. The zero-order valence-electron chi connectivity index (χ0n) is 8.34. The maximum atomic E-state index is 6.11. The van der Waals surface area contributed by atoms with Crippen LogP contribution in [0.3, 0.4) is 0 Å². The average Bonchev–Trinajstić information content (AvgIpc) is 2.03. The fraction of sp³-hybridized carbons (Fsp3) is 0.455. The average molecular weight is 198 g/mol. The summed E-state index contributed by atoms with van der Waals surface area (Å²) in [6, 6.07) is 6.12. The summed E-state index contributed by atoms with van der Waals surface area (Å²) in [6.07, 6.45) is 0. The highest BCUT2D eigenvalue weighted by atomic mass is 35.5. The molecule has 0 radical (unpaired) electrons. The molecule has 0 aliphatic heterocycles. The first kappa shape index (κ1) is 10.6. The van der Waals surface area contributed by atoms with Gasteiger partial charge in [0.15, 0.2) is 0 Å². The van der Waals surface area contributed by atoms with E-state index in [4.69, 9.17) is 17.3 Å². The van der Waals surface area contributed by atoms with Gasteiger partial charge >= 0.3 is 0 Å². The van der Waals surface area contributed by atoms with E-state index in [0.717, 1.165) is 10.6 Å². The van der Waals surface area contributed by atoms with Gasteiger partial charge in [-0.15, -0.1) is 0 Å². The topological polar surface area (TPSA) is 26.0 Å². The summed E-state index contributed by atoms with van der Waals surface area (Å²) in [4.78, 5) is 0. The summed E-state index contributed by atoms with van der Waals surface area (Å²) in [6.45, 7) is 6.22. The van der Waals surface area contributed by atoms with Crippen LogP contribution >= 0.6 is 11.6 Å². The van der Waals surface area contributed by atoms with Crippen LogP contribution in [-0.4, -0.2) is 0 Å². The predicted octanol–water partition coefficient (Wildman–Crippen LogP) is 3.48. The van der Waals surface area contributed by atoms with Gasteiger partial charge in [0.05, 0.1) is 0 Å². The van der Waals surface area contributed by atoms with Gasteiger partial charge in [0.1, 0.15) is 0 Å². The molecule has 2 N–H and O–H groups in total. The van der Waals surface area contributed by atoms with E-state index in [2.05, 4.69) is 19.9 Å². The molecular formula is C11H16ClN. The second kappa shape index (κ2) is 4.12. The molecular weight excluding hydrogens is 182 g/mol. The molecule has 0 saturated carbocycles. The third-order valence-corrected chi connectivity index (χ3v) is 2.50. The largest absolute Gasteiger partial charge is 0.324 e. The van der Waals surface area contributed by atoms with E-state index in [1.807, 2.05) is 19.1 Å². The summed E-state index contributed by atoms with van der Waals surface area (Å²) < 4.78 is 0. The second-order valence-electron chi connectivity index (χ2n) is 3.72. The molecule has 1 aromatic carbocycles. The Labute approximate surface area is 84.9 Å². The van der Waals surface area contributed by atoms with Gasteiger partial charge in [-0.25, -0.2) is 0 Å². The minimum Gasteiger partial charge on any atom is -0.324 e. The smallest absolute Gasteiger partial charge is 0.0443 e. The molecule has 13 heavy (non-hydrogen) atoms. The molecule has 1 aromatic rings. The van der Waals surface area contributed by atoms with Crippen LogP contribution in [0.5, 0.6) is 0 Å². The maximum Gasteiger partial charge on any atom is 0.0443 e. The molecule has 0 saturated heterocycles. The van der Waals surface area contributed by atoms with Gasteiger partial charge < -0.3 is 5.73 Å². The molecule has 0 bridgehead atoms. The van der Waals surface area contributed by atoms with Crippen LogP contribution in [0.2, 0.25) is 5.02 Å². The summed E-state index contributed by atoms with van der Waals surface area (Å²) in [5, 5.41) is 0.824. The van der Waals surface area contributed by atoms with Crippen LogP contribution in [0.4, 0.5) is 0 Å². The summed E-state index contributed by atoms with van der Waals surface area (Å²) in [7, 11) is 0. The van der Waals surface area contributed by atoms with E-state index in [9.17, 15) is 0 Å². The molecule has 1 rings (SSSR count). The van der Waals surface area contributed by atoms with Crippen molar-refractivity contribution in [1.82, 2.24) is 0 Å². The Hall–Kier alpha value is -0.530. The Morgan fingerprint density at radius 2 is 1.85 bits per heavy atom. The van der Waals surface area contributed by atoms with Crippen molar-refractivity contribution >= 4 is 11.6 Å². The van der Waals surface area contributed by atoms with Crippen molar-refractivity contribution in [3.63, 3.8) is 0 Å². The third-order valence-electron chi connectivity index (χ3n) is 2.17. The molecule has 1 atom stereocenters. The predicted molar refractivity (Wildman–Crippen MR) is 58.1 cm³/mol. The van der Waals surface area contributed by atoms with Crippen LogP contribution in [0.25, 0.3) is 0 Å². The lowest BCUT2D eigenvalue weighted by Gasteiger charge is -2.11. The number of hydrogen-bond donors (Lipinski definition) is 1. The quantitative estimate of drug-likeness (QED) is 0.772. The molecule has 0 heterocycles. The van der Waals surface area contributed by atoms with Crippen LogP contribution in [0, 0.1) is 0 Å². The second-order valence-corrected chi connectivity index (χ2v) is 4.13. The highest BCUT2D eigenvalue weighted by Gasteiger charge is 2.07. The Morgan fingerprint density at radius 1 is 1.23 bits per heavy atom. The van der Waals surface area contributed by atoms with E-state index >= 15 is 0 Å². The summed E-state index contributed by atoms with van der Waals surface area (Å²) in [5.41, 5.74) is 8.03. The number of rotatable bonds is 2. The van der Waals surface area contributed by atoms with Crippen molar-refractivity contribution < 1.29 is 0 Å². The van der Waals surface area contributed by atoms with Gasteiger partial charge in [0.25, 0.3) is 0 Å². The SMILES string of the molecule is CC(C)c1ccc(C(C)N)cc1Cl. The van der Waals surface area contributed by atoms with Gasteiger partial charge in [0, 0.05) is 11.1 Å². The van der Waals surface area contributed by atoms with Crippen molar-refractivity contribution in [3.8, 4) is 0 Å². The van der Waals surface area contributed by atoms with Crippen LogP contribution in [0.1, 0.15) is 43.9 Å². The van der Waals surface area contributed by atoms with E-state index in [0.29, 0.717) is 5.92 Å². The fourth-order valence-corrected chi connectivity index (χ4v) is 1.70. The Bertz CT molecular complexity index is 292. The monoisotopic (exact) mass is 197 g/mol. The summed E-state index contributed by atoms with van der Waals surface area (Å²) in [5.74, 6) is 0.467. The van der Waals surface area contributed by atoms with Crippen LogP contribution < -0.4 is 5.73 Å². The fourth-order valence-electron chi connectivity index (χ4n) is 1.29. The highest BCUT2D eigenvalue weighted by Crippen LogP contribution is 2.26. The van der Waals surface area contributed by atoms with Crippen molar-refractivity contribution in [2.45, 2.75) is 32.7 Å². The van der Waals surface area contributed by atoms with Crippen LogP contribution in [-0.2, 0) is 0 Å². The zero-order chi connectivity index (χ0) is 10.0. The molecule has 0 fully saturated rings. The van der Waals surface area contributed by atoms with Crippen molar-refractivity contribution in [2.75, 3.05) is 0 Å². The van der Waals surface area contributed by atoms with Gasteiger partial charge in [-0.2, -0.15) is 0 Å². The number of nitrogens with two attached hydrogens (primary N) is 1. The van der Waals surface area contributed by atoms with Crippen LogP contribution in [0.15, 0.2) is 18.2 Å². The first-order valence-corrected chi connectivity index (χ1v) is 4.95. The van der Waals surface area contributed by atoms with Crippen molar-refractivity contribution in [3.05, 3.63) is 34.3 Å². The molecule has 0 amide bonds. The van der Waals surface area contributed by atoms with Gasteiger partial charge in [-0.05, 0) is 30.0 Å².